The van der Waals surface area contributed by atoms with Crippen molar-refractivity contribution in [3.63, 3.8) is 0 Å². The molecular weight excluding hydrogens is 346 g/mol. The zero-order chi connectivity index (χ0) is 14.7. The summed E-state index contributed by atoms with van der Waals surface area (Å²) in [5.74, 6) is 1.95. The van der Waals surface area contributed by atoms with E-state index in [9.17, 15) is 0 Å². The zero-order valence-electron chi connectivity index (χ0n) is 11.8. The van der Waals surface area contributed by atoms with E-state index in [0.29, 0.717) is 6.61 Å². The molecule has 1 heterocycles. The Labute approximate surface area is 137 Å². The van der Waals surface area contributed by atoms with Gasteiger partial charge in [0.15, 0.2) is 0 Å². The Morgan fingerprint density at radius 1 is 1.24 bits per heavy atom. The van der Waals surface area contributed by atoms with Crippen molar-refractivity contribution in [1.29, 1.82) is 0 Å². The van der Waals surface area contributed by atoms with E-state index >= 15 is 0 Å². The molecule has 0 saturated carbocycles. The van der Waals surface area contributed by atoms with Gasteiger partial charge in [-0.2, -0.15) is 0 Å². The Balaban J connectivity index is 1.73. The van der Waals surface area contributed by atoms with Gasteiger partial charge in [0.25, 0.3) is 0 Å². The maximum atomic E-state index is 5.93. The molecule has 0 N–H and O–H groups in total. The van der Waals surface area contributed by atoms with Crippen molar-refractivity contribution in [3.8, 4) is 5.75 Å². The van der Waals surface area contributed by atoms with Gasteiger partial charge in [0.1, 0.15) is 12.4 Å². The summed E-state index contributed by atoms with van der Waals surface area (Å²) >= 11 is 5.41. The molecule has 0 aliphatic carbocycles. The van der Waals surface area contributed by atoms with E-state index in [1.54, 1.807) is 0 Å². The number of aliphatic imine (C=N–C) groups is 1. The summed E-state index contributed by atoms with van der Waals surface area (Å²) in [6.45, 7) is 3.61. The lowest BCUT2D eigenvalue weighted by Crippen LogP contribution is -1.99. The van der Waals surface area contributed by atoms with Gasteiger partial charge in [-0.15, -0.1) is 11.8 Å². The average Bonchev–Trinajstić information content (AvgIpc) is 3.02. The molecule has 3 rings (SSSR count). The molecule has 0 atom stereocenters. The van der Waals surface area contributed by atoms with Crippen molar-refractivity contribution in [1.82, 2.24) is 0 Å². The number of thioether (sulfide) groups is 1. The first kappa shape index (κ1) is 14.7. The molecule has 2 nitrogen and oxygen atoms in total. The highest BCUT2D eigenvalue weighted by Crippen LogP contribution is 2.29. The molecule has 0 bridgehead atoms. The second-order valence-corrected chi connectivity index (χ2v) is 6.83. The lowest BCUT2D eigenvalue weighted by Gasteiger charge is -2.11. The van der Waals surface area contributed by atoms with E-state index < -0.39 is 0 Å². The van der Waals surface area contributed by atoms with Crippen LogP contribution in [0.25, 0.3) is 0 Å². The fourth-order valence-electron chi connectivity index (χ4n) is 2.19. The van der Waals surface area contributed by atoms with Gasteiger partial charge in [0.2, 0.25) is 0 Å². The van der Waals surface area contributed by atoms with Gasteiger partial charge < -0.3 is 4.74 Å². The van der Waals surface area contributed by atoms with E-state index in [2.05, 4.69) is 52.1 Å². The quantitative estimate of drug-likeness (QED) is 0.777. The van der Waals surface area contributed by atoms with Crippen LogP contribution in [-0.4, -0.2) is 17.3 Å². The van der Waals surface area contributed by atoms with Crippen molar-refractivity contribution in [2.75, 3.05) is 12.3 Å². The van der Waals surface area contributed by atoms with Crippen molar-refractivity contribution in [2.45, 2.75) is 13.5 Å². The summed E-state index contributed by atoms with van der Waals surface area (Å²) in [5, 5.41) is 1.13. The van der Waals surface area contributed by atoms with Crippen LogP contribution in [-0.2, 0) is 6.61 Å². The first-order valence-electron chi connectivity index (χ1n) is 6.88. The number of benzene rings is 2. The zero-order valence-corrected chi connectivity index (χ0v) is 14.2. The highest BCUT2D eigenvalue weighted by molar-refractivity contribution is 9.10. The first-order chi connectivity index (χ1) is 10.2. The average molecular weight is 362 g/mol. The summed E-state index contributed by atoms with van der Waals surface area (Å²) in [6, 6.07) is 14.5. The number of rotatable bonds is 4. The molecule has 0 saturated heterocycles. The predicted molar refractivity (Wildman–Crippen MR) is 93.5 cm³/mol. The molecule has 4 heteroatoms. The van der Waals surface area contributed by atoms with Gasteiger partial charge in [0.05, 0.1) is 9.52 Å². The number of aryl methyl sites for hydroxylation is 1. The number of ether oxygens (including phenoxy) is 1. The van der Waals surface area contributed by atoms with E-state index in [-0.39, 0.29) is 0 Å². The Kier molecular flexibility index (Phi) is 4.66. The van der Waals surface area contributed by atoms with Gasteiger partial charge in [-0.1, -0.05) is 24.3 Å². The molecule has 0 fully saturated rings. The third kappa shape index (κ3) is 3.50. The predicted octanol–water partition coefficient (Wildman–Crippen LogP) is 4.83. The maximum Gasteiger partial charge on any atom is 0.134 e. The Bertz CT molecular complexity index is 684. The number of hydrogen-bond acceptors (Lipinski definition) is 3. The SMILES string of the molecule is Cc1ccccc1COc1ccc(C2=NCCS2)cc1Br. The third-order valence-corrected chi connectivity index (χ3v) is 5.05. The van der Waals surface area contributed by atoms with Gasteiger partial charge in [-0.25, -0.2) is 0 Å². The van der Waals surface area contributed by atoms with Crippen LogP contribution in [0.1, 0.15) is 16.7 Å². The summed E-state index contributed by atoms with van der Waals surface area (Å²) in [4.78, 5) is 4.50. The number of halogens is 1. The van der Waals surface area contributed by atoms with E-state index in [1.165, 1.54) is 11.1 Å². The monoisotopic (exact) mass is 361 g/mol. The smallest absolute Gasteiger partial charge is 0.134 e. The molecule has 0 amide bonds. The molecule has 2 aromatic carbocycles. The molecular formula is C17H16BrNOS. The third-order valence-electron chi connectivity index (χ3n) is 3.41. The minimum atomic E-state index is 0.584. The Morgan fingerprint density at radius 2 is 2.10 bits per heavy atom. The van der Waals surface area contributed by atoms with Gasteiger partial charge in [-0.05, 0) is 52.2 Å². The van der Waals surface area contributed by atoms with Gasteiger partial charge in [0, 0.05) is 17.9 Å². The van der Waals surface area contributed by atoms with E-state index in [4.69, 9.17) is 4.74 Å². The highest BCUT2D eigenvalue weighted by Gasteiger charge is 2.12. The van der Waals surface area contributed by atoms with Crippen molar-refractivity contribution < 1.29 is 4.74 Å². The molecule has 21 heavy (non-hydrogen) atoms. The van der Waals surface area contributed by atoms with Crippen LogP contribution in [0.5, 0.6) is 5.75 Å². The van der Waals surface area contributed by atoms with E-state index in [1.807, 2.05) is 30.0 Å². The fraction of sp³-hybridized carbons (Fsp3) is 0.235. The number of nitrogens with zero attached hydrogens (tertiary/aromatic N) is 1. The normalized spacial score (nSPS) is 14.1. The first-order valence-corrected chi connectivity index (χ1v) is 8.66. The van der Waals surface area contributed by atoms with Crippen molar-refractivity contribution in [3.05, 3.63) is 63.6 Å². The Hall–Kier alpha value is -1.26. The standard InChI is InChI=1S/C17H16BrNOS/c1-12-4-2-3-5-14(12)11-20-16-7-6-13(10-15(16)18)17-19-8-9-21-17/h2-7,10H,8-9,11H2,1H3. The second-order valence-electron chi connectivity index (χ2n) is 4.90. The molecule has 0 aromatic heterocycles. The van der Waals surface area contributed by atoms with Crippen LogP contribution < -0.4 is 4.74 Å². The molecule has 1 aliphatic rings. The molecule has 2 aromatic rings. The van der Waals surface area contributed by atoms with Crippen LogP contribution in [0.15, 0.2) is 51.9 Å². The summed E-state index contributed by atoms with van der Waals surface area (Å²) in [5.41, 5.74) is 3.62. The summed E-state index contributed by atoms with van der Waals surface area (Å²) in [7, 11) is 0. The topological polar surface area (TPSA) is 21.6 Å². The largest absolute Gasteiger partial charge is 0.488 e. The molecule has 1 aliphatic heterocycles. The summed E-state index contributed by atoms with van der Waals surface area (Å²) < 4.78 is 6.90. The lowest BCUT2D eigenvalue weighted by molar-refractivity contribution is 0.303. The van der Waals surface area contributed by atoms with Gasteiger partial charge >= 0.3 is 0 Å². The second kappa shape index (κ2) is 6.67. The van der Waals surface area contributed by atoms with Crippen molar-refractivity contribution in [2.24, 2.45) is 4.99 Å². The van der Waals surface area contributed by atoms with E-state index in [0.717, 1.165) is 33.1 Å². The van der Waals surface area contributed by atoms with Crippen LogP contribution in [0.4, 0.5) is 0 Å². The molecule has 0 radical (unpaired) electrons. The summed E-state index contributed by atoms with van der Waals surface area (Å²) in [6.07, 6.45) is 0. The van der Waals surface area contributed by atoms with Crippen LogP contribution in [0.3, 0.4) is 0 Å². The molecule has 0 spiro atoms. The van der Waals surface area contributed by atoms with Crippen molar-refractivity contribution >= 4 is 32.7 Å². The van der Waals surface area contributed by atoms with Crippen LogP contribution in [0.2, 0.25) is 0 Å². The molecule has 108 valence electrons. The highest BCUT2D eigenvalue weighted by atomic mass is 79.9. The minimum absolute atomic E-state index is 0.584. The fourth-order valence-corrected chi connectivity index (χ4v) is 3.53. The Morgan fingerprint density at radius 3 is 2.81 bits per heavy atom. The van der Waals surface area contributed by atoms with Crippen LogP contribution in [0, 0.1) is 6.92 Å². The minimum Gasteiger partial charge on any atom is -0.488 e. The van der Waals surface area contributed by atoms with Gasteiger partial charge in [-0.3, -0.25) is 4.99 Å². The molecule has 0 unspecified atom stereocenters. The van der Waals surface area contributed by atoms with Crippen LogP contribution >= 0.6 is 27.7 Å². The maximum absolute atomic E-state index is 5.93. The lowest BCUT2D eigenvalue weighted by atomic mass is 10.1. The number of hydrogen-bond donors (Lipinski definition) is 0.